The number of para-hydroxylation sites is 1. The van der Waals surface area contributed by atoms with Crippen LogP contribution >= 0.6 is 0 Å². The second kappa shape index (κ2) is 7.99. The van der Waals surface area contributed by atoms with Gasteiger partial charge < -0.3 is 4.74 Å². The molecule has 0 aliphatic rings. The molecular formula is C22H15N7O2. The minimum absolute atomic E-state index is 0.0349. The third-order valence-corrected chi connectivity index (χ3v) is 4.48. The summed E-state index contributed by atoms with van der Waals surface area (Å²) >= 11 is 0. The number of tetrazole rings is 1. The SMILES string of the molecule is O=C(Oc1ccc(-n2cnnn2)cc1)c1nc(-c2ccccc2)n(-c2ccccc2)n1. The maximum Gasteiger partial charge on any atom is 0.383 e. The number of aromatic nitrogens is 7. The molecule has 9 heteroatoms. The molecule has 0 atom stereocenters. The lowest BCUT2D eigenvalue weighted by molar-refractivity contribution is 0.0722. The van der Waals surface area contributed by atoms with Crippen molar-refractivity contribution in [3.8, 4) is 28.5 Å². The molecule has 3 aromatic carbocycles. The topological polar surface area (TPSA) is 101 Å². The standard InChI is InChI=1S/C22H15N7O2/c30-22(31-19-13-11-17(12-14-19)28-15-23-26-27-28)20-24-21(16-7-3-1-4-8-16)29(25-20)18-9-5-2-6-10-18/h1-15H. The summed E-state index contributed by atoms with van der Waals surface area (Å²) in [4.78, 5) is 17.2. The molecule has 0 N–H and O–H groups in total. The fourth-order valence-electron chi connectivity index (χ4n) is 3.02. The molecule has 0 saturated carbocycles. The summed E-state index contributed by atoms with van der Waals surface area (Å²) in [5, 5.41) is 15.4. The van der Waals surface area contributed by atoms with Gasteiger partial charge in [0.25, 0.3) is 5.82 Å². The third kappa shape index (κ3) is 3.79. The smallest absolute Gasteiger partial charge is 0.383 e. The molecule has 5 rings (SSSR count). The molecule has 31 heavy (non-hydrogen) atoms. The van der Waals surface area contributed by atoms with Gasteiger partial charge in [0.2, 0.25) is 0 Å². The fraction of sp³-hybridized carbons (Fsp3) is 0. The first-order valence-corrected chi connectivity index (χ1v) is 9.41. The highest BCUT2D eigenvalue weighted by molar-refractivity contribution is 5.87. The molecule has 0 amide bonds. The molecule has 0 aliphatic carbocycles. The van der Waals surface area contributed by atoms with E-state index in [0.29, 0.717) is 11.6 Å². The van der Waals surface area contributed by atoms with Crippen LogP contribution in [0.15, 0.2) is 91.3 Å². The molecule has 150 valence electrons. The number of rotatable bonds is 5. The second-order valence-corrected chi connectivity index (χ2v) is 6.51. The van der Waals surface area contributed by atoms with Crippen LogP contribution in [0, 0.1) is 0 Å². The van der Waals surface area contributed by atoms with Gasteiger partial charge >= 0.3 is 5.97 Å². The molecule has 2 heterocycles. The van der Waals surface area contributed by atoms with Gasteiger partial charge in [-0.25, -0.2) is 19.1 Å². The Labute approximate surface area is 176 Å². The van der Waals surface area contributed by atoms with Crippen LogP contribution in [0.25, 0.3) is 22.8 Å². The van der Waals surface area contributed by atoms with Crippen LogP contribution in [0.5, 0.6) is 5.75 Å². The Morgan fingerprint density at radius 1 is 0.806 bits per heavy atom. The Morgan fingerprint density at radius 2 is 1.52 bits per heavy atom. The summed E-state index contributed by atoms with van der Waals surface area (Å²) in [6.45, 7) is 0. The molecule has 0 radical (unpaired) electrons. The summed E-state index contributed by atoms with van der Waals surface area (Å²) in [6.07, 6.45) is 1.48. The maximum atomic E-state index is 12.8. The van der Waals surface area contributed by atoms with Crippen molar-refractivity contribution in [2.75, 3.05) is 0 Å². The van der Waals surface area contributed by atoms with Gasteiger partial charge in [-0.05, 0) is 46.8 Å². The summed E-state index contributed by atoms with van der Waals surface area (Å²) < 4.78 is 8.61. The lowest BCUT2D eigenvalue weighted by Gasteiger charge is -2.05. The van der Waals surface area contributed by atoms with Gasteiger partial charge in [0, 0.05) is 5.56 Å². The molecule has 0 aliphatic heterocycles. The largest absolute Gasteiger partial charge is 0.421 e. The lowest BCUT2D eigenvalue weighted by atomic mass is 10.2. The zero-order valence-corrected chi connectivity index (χ0v) is 16.1. The second-order valence-electron chi connectivity index (χ2n) is 6.51. The lowest BCUT2D eigenvalue weighted by Crippen LogP contribution is -2.11. The van der Waals surface area contributed by atoms with Crippen LogP contribution in [0.3, 0.4) is 0 Å². The minimum atomic E-state index is -0.651. The normalized spacial score (nSPS) is 10.7. The quantitative estimate of drug-likeness (QED) is 0.325. The predicted octanol–water partition coefficient (Wildman–Crippen LogP) is 3.13. The number of carbonyl (C=O) groups is 1. The number of hydrogen-bond donors (Lipinski definition) is 0. The predicted molar refractivity (Wildman–Crippen MR) is 111 cm³/mol. The van der Waals surface area contributed by atoms with E-state index < -0.39 is 5.97 Å². The van der Waals surface area contributed by atoms with Gasteiger partial charge in [-0.15, -0.1) is 10.2 Å². The molecular weight excluding hydrogens is 394 g/mol. The molecule has 9 nitrogen and oxygen atoms in total. The van der Waals surface area contributed by atoms with Gasteiger partial charge in [0.05, 0.1) is 11.4 Å². The number of nitrogens with zero attached hydrogens (tertiary/aromatic N) is 7. The highest BCUT2D eigenvalue weighted by atomic mass is 16.5. The Morgan fingerprint density at radius 3 is 2.19 bits per heavy atom. The van der Waals surface area contributed by atoms with Crippen molar-refractivity contribution in [1.82, 2.24) is 35.0 Å². The highest BCUT2D eigenvalue weighted by Gasteiger charge is 2.20. The first kappa shape index (κ1) is 18.4. The zero-order chi connectivity index (χ0) is 21.0. The van der Waals surface area contributed by atoms with Gasteiger partial charge in [-0.1, -0.05) is 48.5 Å². The molecule has 0 fully saturated rings. The van der Waals surface area contributed by atoms with Crippen molar-refractivity contribution in [1.29, 1.82) is 0 Å². The van der Waals surface area contributed by atoms with Crippen molar-refractivity contribution < 1.29 is 9.53 Å². The van der Waals surface area contributed by atoms with Crippen LogP contribution in [-0.2, 0) is 0 Å². The van der Waals surface area contributed by atoms with E-state index >= 15 is 0 Å². The first-order chi connectivity index (χ1) is 15.3. The summed E-state index contributed by atoms with van der Waals surface area (Å²) in [5.41, 5.74) is 2.37. The molecule has 0 saturated heterocycles. The zero-order valence-electron chi connectivity index (χ0n) is 16.1. The van der Waals surface area contributed by atoms with E-state index in [1.807, 2.05) is 60.7 Å². The number of benzene rings is 3. The van der Waals surface area contributed by atoms with Crippen molar-refractivity contribution in [2.24, 2.45) is 0 Å². The monoisotopic (exact) mass is 409 g/mol. The third-order valence-electron chi connectivity index (χ3n) is 4.48. The maximum absolute atomic E-state index is 12.8. The molecule has 5 aromatic rings. The Hall–Kier alpha value is -4.66. The molecule has 2 aromatic heterocycles. The molecule has 0 unspecified atom stereocenters. The number of ether oxygens (including phenoxy) is 1. The van der Waals surface area contributed by atoms with Crippen LogP contribution in [0.1, 0.15) is 10.6 Å². The van der Waals surface area contributed by atoms with E-state index in [1.54, 1.807) is 28.9 Å². The average molecular weight is 409 g/mol. The van der Waals surface area contributed by atoms with Crippen LogP contribution in [-0.4, -0.2) is 40.9 Å². The Balaban J connectivity index is 1.44. The van der Waals surface area contributed by atoms with E-state index in [2.05, 4.69) is 25.6 Å². The van der Waals surface area contributed by atoms with E-state index in [9.17, 15) is 4.79 Å². The number of esters is 1. The molecule has 0 bridgehead atoms. The number of carbonyl (C=O) groups excluding carboxylic acids is 1. The first-order valence-electron chi connectivity index (χ1n) is 9.41. The van der Waals surface area contributed by atoms with Gasteiger partial charge in [-0.2, -0.15) is 0 Å². The van der Waals surface area contributed by atoms with Crippen LogP contribution in [0.2, 0.25) is 0 Å². The Bertz CT molecular complexity index is 1240. The van der Waals surface area contributed by atoms with Gasteiger partial charge in [0.15, 0.2) is 5.82 Å². The van der Waals surface area contributed by atoms with E-state index in [0.717, 1.165) is 16.9 Å². The summed E-state index contributed by atoms with van der Waals surface area (Å²) in [7, 11) is 0. The van der Waals surface area contributed by atoms with Crippen molar-refractivity contribution >= 4 is 5.97 Å². The molecule has 0 spiro atoms. The summed E-state index contributed by atoms with van der Waals surface area (Å²) in [5.74, 6) is 0.223. The van der Waals surface area contributed by atoms with E-state index in [4.69, 9.17) is 4.74 Å². The van der Waals surface area contributed by atoms with Gasteiger partial charge in [-0.3, -0.25) is 0 Å². The van der Waals surface area contributed by atoms with Crippen molar-refractivity contribution in [3.05, 3.63) is 97.1 Å². The van der Waals surface area contributed by atoms with Crippen molar-refractivity contribution in [2.45, 2.75) is 0 Å². The van der Waals surface area contributed by atoms with E-state index in [-0.39, 0.29) is 5.82 Å². The van der Waals surface area contributed by atoms with Crippen LogP contribution < -0.4 is 4.74 Å². The van der Waals surface area contributed by atoms with E-state index in [1.165, 1.54) is 11.0 Å². The number of hydrogen-bond acceptors (Lipinski definition) is 7. The fourth-order valence-corrected chi connectivity index (χ4v) is 3.02. The van der Waals surface area contributed by atoms with Crippen molar-refractivity contribution in [3.63, 3.8) is 0 Å². The average Bonchev–Trinajstić information content (AvgIpc) is 3.52. The minimum Gasteiger partial charge on any atom is -0.421 e. The van der Waals surface area contributed by atoms with Gasteiger partial charge in [0.1, 0.15) is 12.1 Å². The van der Waals surface area contributed by atoms with Crippen LogP contribution in [0.4, 0.5) is 0 Å². The highest BCUT2D eigenvalue weighted by Crippen LogP contribution is 2.22. The Kier molecular flexibility index (Phi) is 4.74. The summed E-state index contributed by atoms with van der Waals surface area (Å²) in [6, 6.07) is 25.8.